The molecule has 0 aliphatic heterocycles. The summed E-state index contributed by atoms with van der Waals surface area (Å²) in [5.74, 6) is -0.176. The summed E-state index contributed by atoms with van der Waals surface area (Å²) < 4.78 is 15.3. The summed E-state index contributed by atoms with van der Waals surface area (Å²) in [5.41, 5.74) is 1.86. The van der Waals surface area contributed by atoms with Crippen molar-refractivity contribution < 1.29 is 4.39 Å². The quantitative estimate of drug-likeness (QED) is 0.793. The van der Waals surface area contributed by atoms with Gasteiger partial charge < -0.3 is 5.32 Å². The van der Waals surface area contributed by atoms with Crippen LogP contribution >= 0.6 is 0 Å². The van der Waals surface area contributed by atoms with E-state index >= 15 is 0 Å². The minimum atomic E-state index is -0.176. The Morgan fingerprint density at radius 3 is 2.94 bits per heavy atom. The molecule has 0 bridgehead atoms. The summed E-state index contributed by atoms with van der Waals surface area (Å²) in [6.45, 7) is 1.48. The predicted molar refractivity (Wildman–Crippen MR) is 70.0 cm³/mol. The van der Waals surface area contributed by atoms with Gasteiger partial charge in [0, 0.05) is 11.8 Å². The van der Waals surface area contributed by atoms with E-state index < -0.39 is 0 Å². The maximum Gasteiger partial charge on any atom is 0.128 e. The summed E-state index contributed by atoms with van der Waals surface area (Å²) in [5, 5.41) is 7.38. The number of rotatable bonds is 6. The zero-order chi connectivity index (χ0) is 12.8. The van der Waals surface area contributed by atoms with Crippen LogP contribution < -0.4 is 5.32 Å². The highest BCUT2D eigenvalue weighted by Gasteiger charge is 2.03. The first-order chi connectivity index (χ1) is 8.79. The highest BCUT2D eigenvalue weighted by atomic mass is 19.1. The normalized spacial score (nSPS) is 10.8. The van der Waals surface area contributed by atoms with Crippen LogP contribution in [0.15, 0.2) is 36.7 Å². The summed E-state index contributed by atoms with van der Waals surface area (Å²) in [6.07, 6.45) is 5.93. The van der Waals surface area contributed by atoms with Crippen molar-refractivity contribution in [1.82, 2.24) is 15.1 Å². The van der Waals surface area contributed by atoms with Crippen molar-refractivity contribution in [3.05, 3.63) is 53.6 Å². The average molecular weight is 247 g/mol. The first kappa shape index (κ1) is 12.8. The largest absolute Gasteiger partial charge is 0.320 e. The van der Waals surface area contributed by atoms with Gasteiger partial charge in [-0.25, -0.2) is 4.39 Å². The molecule has 18 heavy (non-hydrogen) atoms. The van der Waals surface area contributed by atoms with E-state index in [1.165, 1.54) is 11.6 Å². The number of hydrogen-bond acceptors (Lipinski definition) is 2. The van der Waals surface area contributed by atoms with Crippen LogP contribution in [0.2, 0.25) is 0 Å². The number of benzene rings is 1. The standard InChI is InChI=1S/C14H18FN3/c1-16-8-4-5-12-9-17-18(10-12)11-13-6-2-3-7-14(13)15/h2-3,6-7,9-10,16H,4-5,8,11H2,1H3. The molecule has 0 aliphatic carbocycles. The predicted octanol–water partition coefficient (Wildman–Crippen LogP) is 2.22. The van der Waals surface area contributed by atoms with Crippen LogP contribution in [0.3, 0.4) is 0 Å². The molecule has 96 valence electrons. The summed E-state index contributed by atoms with van der Waals surface area (Å²) in [4.78, 5) is 0. The Morgan fingerprint density at radius 1 is 1.33 bits per heavy atom. The minimum absolute atomic E-state index is 0.176. The molecule has 0 spiro atoms. The van der Waals surface area contributed by atoms with E-state index in [0.717, 1.165) is 19.4 Å². The Bertz CT molecular complexity index is 493. The summed E-state index contributed by atoms with van der Waals surface area (Å²) >= 11 is 0. The van der Waals surface area contributed by atoms with Crippen LogP contribution in [-0.2, 0) is 13.0 Å². The van der Waals surface area contributed by atoms with E-state index in [4.69, 9.17) is 0 Å². The second kappa shape index (κ2) is 6.31. The number of nitrogens with zero attached hydrogens (tertiary/aromatic N) is 2. The lowest BCUT2D eigenvalue weighted by Crippen LogP contribution is -2.08. The molecule has 2 rings (SSSR count). The second-order valence-electron chi connectivity index (χ2n) is 4.34. The maximum atomic E-state index is 13.5. The topological polar surface area (TPSA) is 29.9 Å². The molecular formula is C14H18FN3. The molecule has 0 radical (unpaired) electrons. The molecule has 1 aromatic heterocycles. The van der Waals surface area contributed by atoms with E-state index in [0.29, 0.717) is 12.1 Å². The van der Waals surface area contributed by atoms with Crippen molar-refractivity contribution >= 4 is 0 Å². The van der Waals surface area contributed by atoms with Crippen LogP contribution in [-0.4, -0.2) is 23.4 Å². The SMILES string of the molecule is CNCCCc1cnn(Cc2ccccc2F)c1. The maximum absolute atomic E-state index is 13.5. The van der Waals surface area contributed by atoms with Crippen molar-refractivity contribution in [2.45, 2.75) is 19.4 Å². The van der Waals surface area contributed by atoms with Gasteiger partial charge in [-0.2, -0.15) is 5.10 Å². The smallest absolute Gasteiger partial charge is 0.128 e. The lowest BCUT2D eigenvalue weighted by Gasteiger charge is -2.02. The molecule has 0 saturated heterocycles. The van der Waals surface area contributed by atoms with Crippen LogP contribution in [0.4, 0.5) is 4.39 Å². The van der Waals surface area contributed by atoms with Gasteiger partial charge in [-0.05, 0) is 38.1 Å². The van der Waals surface area contributed by atoms with E-state index in [1.54, 1.807) is 16.8 Å². The molecule has 0 fully saturated rings. The average Bonchev–Trinajstić information content (AvgIpc) is 2.80. The molecule has 1 N–H and O–H groups in total. The fraction of sp³-hybridized carbons (Fsp3) is 0.357. The van der Waals surface area contributed by atoms with Gasteiger partial charge in [-0.15, -0.1) is 0 Å². The fourth-order valence-corrected chi connectivity index (χ4v) is 1.89. The first-order valence-electron chi connectivity index (χ1n) is 6.19. The third kappa shape index (κ3) is 3.40. The van der Waals surface area contributed by atoms with E-state index in [1.807, 2.05) is 25.5 Å². The van der Waals surface area contributed by atoms with Crippen LogP contribution in [0.1, 0.15) is 17.5 Å². The first-order valence-corrected chi connectivity index (χ1v) is 6.19. The molecule has 4 heteroatoms. The van der Waals surface area contributed by atoms with Crippen LogP contribution in [0.25, 0.3) is 0 Å². The van der Waals surface area contributed by atoms with Gasteiger partial charge in [-0.1, -0.05) is 18.2 Å². The van der Waals surface area contributed by atoms with Gasteiger partial charge in [0.15, 0.2) is 0 Å². The Balaban J connectivity index is 1.96. The van der Waals surface area contributed by atoms with Crippen molar-refractivity contribution in [2.24, 2.45) is 0 Å². The molecule has 0 atom stereocenters. The Morgan fingerprint density at radius 2 is 2.17 bits per heavy atom. The van der Waals surface area contributed by atoms with Crippen molar-refractivity contribution in [1.29, 1.82) is 0 Å². The van der Waals surface area contributed by atoms with E-state index in [9.17, 15) is 4.39 Å². The van der Waals surface area contributed by atoms with Crippen molar-refractivity contribution in [3.63, 3.8) is 0 Å². The molecule has 2 aromatic rings. The number of aryl methyl sites for hydroxylation is 1. The third-order valence-corrected chi connectivity index (χ3v) is 2.87. The fourth-order valence-electron chi connectivity index (χ4n) is 1.89. The Hall–Kier alpha value is -1.68. The molecule has 0 unspecified atom stereocenters. The Labute approximate surface area is 107 Å². The molecule has 0 amide bonds. The van der Waals surface area contributed by atoms with Crippen LogP contribution in [0.5, 0.6) is 0 Å². The van der Waals surface area contributed by atoms with E-state index in [2.05, 4.69) is 10.4 Å². The molecule has 0 saturated carbocycles. The summed E-state index contributed by atoms with van der Waals surface area (Å²) in [7, 11) is 1.95. The lowest BCUT2D eigenvalue weighted by atomic mass is 10.2. The Kier molecular flexibility index (Phi) is 4.47. The van der Waals surface area contributed by atoms with Crippen molar-refractivity contribution in [3.8, 4) is 0 Å². The molecule has 1 heterocycles. The molecular weight excluding hydrogens is 229 g/mol. The highest BCUT2D eigenvalue weighted by Crippen LogP contribution is 2.09. The number of halogens is 1. The van der Waals surface area contributed by atoms with Gasteiger partial charge in [0.2, 0.25) is 0 Å². The van der Waals surface area contributed by atoms with E-state index in [-0.39, 0.29) is 5.82 Å². The number of aromatic nitrogens is 2. The second-order valence-corrected chi connectivity index (χ2v) is 4.34. The number of nitrogens with one attached hydrogen (secondary N) is 1. The monoisotopic (exact) mass is 247 g/mol. The zero-order valence-electron chi connectivity index (χ0n) is 10.6. The number of hydrogen-bond donors (Lipinski definition) is 1. The zero-order valence-corrected chi connectivity index (χ0v) is 10.6. The third-order valence-electron chi connectivity index (χ3n) is 2.87. The van der Waals surface area contributed by atoms with Gasteiger partial charge >= 0.3 is 0 Å². The van der Waals surface area contributed by atoms with Crippen LogP contribution in [0, 0.1) is 5.82 Å². The van der Waals surface area contributed by atoms with Crippen molar-refractivity contribution in [2.75, 3.05) is 13.6 Å². The van der Waals surface area contributed by atoms with Gasteiger partial charge in [0.1, 0.15) is 5.82 Å². The highest BCUT2D eigenvalue weighted by molar-refractivity contribution is 5.18. The molecule has 3 nitrogen and oxygen atoms in total. The molecule has 0 aliphatic rings. The van der Waals surface area contributed by atoms with Gasteiger partial charge in [-0.3, -0.25) is 4.68 Å². The minimum Gasteiger partial charge on any atom is -0.320 e. The van der Waals surface area contributed by atoms with Gasteiger partial charge in [0.25, 0.3) is 0 Å². The summed E-state index contributed by atoms with van der Waals surface area (Å²) in [6, 6.07) is 6.81. The molecule has 1 aromatic carbocycles. The lowest BCUT2D eigenvalue weighted by molar-refractivity contribution is 0.585. The van der Waals surface area contributed by atoms with Gasteiger partial charge in [0.05, 0.1) is 12.7 Å².